The lowest BCUT2D eigenvalue weighted by Crippen LogP contribution is -2.53. The van der Waals surface area contributed by atoms with Crippen molar-refractivity contribution in [2.45, 2.75) is 38.5 Å². The lowest BCUT2D eigenvalue weighted by atomic mass is 10.1. The molecule has 6 heteroatoms. The first-order valence-electron chi connectivity index (χ1n) is 6.35. The van der Waals surface area contributed by atoms with Crippen molar-refractivity contribution >= 4 is 23.8 Å². The fourth-order valence-corrected chi connectivity index (χ4v) is 3.07. The van der Waals surface area contributed by atoms with Gasteiger partial charge in [0, 0.05) is 24.1 Å². The predicted octanol–water partition coefficient (Wildman–Crippen LogP) is 1.63. The van der Waals surface area contributed by atoms with Crippen molar-refractivity contribution in [3.63, 3.8) is 0 Å². The minimum atomic E-state index is -0.975. The summed E-state index contributed by atoms with van der Waals surface area (Å²) in [5.74, 6) is -0.171. The molecule has 1 rings (SSSR count). The van der Waals surface area contributed by atoms with E-state index in [-0.39, 0.29) is 11.9 Å². The highest BCUT2D eigenvalue weighted by Gasteiger charge is 2.28. The molecule has 5 nitrogen and oxygen atoms in total. The third kappa shape index (κ3) is 4.08. The highest BCUT2D eigenvalue weighted by molar-refractivity contribution is 8.00. The predicted molar refractivity (Wildman–Crippen MR) is 72.9 cm³/mol. The summed E-state index contributed by atoms with van der Waals surface area (Å²) in [4.78, 5) is 24.8. The number of amides is 2. The van der Waals surface area contributed by atoms with Crippen molar-refractivity contribution in [2.24, 2.45) is 5.92 Å². The average Bonchev–Trinajstić information content (AvgIpc) is 2.34. The monoisotopic (exact) mass is 274 g/mol. The summed E-state index contributed by atoms with van der Waals surface area (Å²) in [6, 6.07) is -1.07. The largest absolute Gasteiger partial charge is 0.480 e. The molecule has 1 unspecified atom stereocenters. The van der Waals surface area contributed by atoms with Crippen molar-refractivity contribution in [3.8, 4) is 0 Å². The molecule has 1 aliphatic rings. The number of hydrogen-bond donors (Lipinski definition) is 2. The van der Waals surface area contributed by atoms with Crippen molar-refractivity contribution in [1.29, 1.82) is 0 Å². The topological polar surface area (TPSA) is 69.6 Å². The van der Waals surface area contributed by atoms with Gasteiger partial charge in [-0.2, -0.15) is 11.8 Å². The Kier molecular flexibility index (Phi) is 5.78. The van der Waals surface area contributed by atoms with Crippen LogP contribution in [0, 0.1) is 5.92 Å². The first-order valence-corrected chi connectivity index (χ1v) is 7.40. The third-order valence-electron chi connectivity index (χ3n) is 3.09. The fraction of sp³-hybridized carbons (Fsp3) is 0.833. The molecule has 18 heavy (non-hydrogen) atoms. The van der Waals surface area contributed by atoms with Crippen molar-refractivity contribution in [1.82, 2.24) is 10.2 Å². The van der Waals surface area contributed by atoms with E-state index in [9.17, 15) is 9.59 Å². The first kappa shape index (κ1) is 15.1. The molecule has 0 saturated carbocycles. The molecule has 0 radical (unpaired) electrons. The molecule has 1 fully saturated rings. The molecule has 1 saturated heterocycles. The van der Waals surface area contributed by atoms with Crippen molar-refractivity contribution in [3.05, 3.63) is 0 Å². The average molecular weight is 274 g/mol. The molecule has 2 amide bonds. The Morgan fingerprint density at radius 2 is 2.17 bits per heavy atom. The highest BCUT2D eigenvalue weighted by Crippen LogP contribution is 2.21. The van der Waals surface area contributed by atoms with Crippen LogP contribution in [0.4, 0.5) is 4.79 Å². The summed E-state index contributed by atoms with van der Waals surface area (Å²) >= 11 is 1.88. The molecule has 0 spiro atoms. The zero-order valence-corrected chi connectivity index (χ0v) is 12.0. The number of thioether (sulfide) groups is 1. The van der Waals surface area contributed by atoms with Gasteiger partial charge < -0.3 is 15.3 Å². The van der Waals surface area contributed by atoms with Crippen molar-refractivity contribution < 1.29 is 14.7 Å². The second-order valence-corrected chi connectivity index (χ2v) is 6.26. The van der Waals surface area contributed by atoms with Gasteiger partial charge in [0.1, 0.15) is 6.04 Å². The molecule has 0 bridgehead atoms. The van der Waals surface area contributed by atoms with Crippen molar-refractivity contribution in [2.75, 3.05) is 18.8 Å². The number of aliphatic carboxylic acids is 1. The third-order valence-corrected chi connectivity index (χ3v) is 4.47. The van der Waals surface area contributed by atoms with Crippen LogP contribution in [0.15, 0.2) is 0 Å². The quantitative estimate of drug-likeness (QED) is 0.817. The Morgan fingerprint density at radius 3 is 2.67 bits per heavy atom. The van der Waals surface area contributed by atoms with Gasteiger partial charge in [-0.3, -0.25) is 0 Å². The van der Waals surface area contributed by atoms with E-state index in [2.05, 4.69) is 12.2 Å². The molecule has 0 aromatic heterocycles. The Bertz CT molecular complexity index is 310. The molecule has 2 N–H and O–H groups in total. The van der Waals surface area contributed by atoms with Crippen LogP contribution in [0.1, 0.15) is 27.2 Å². The number of carbonyl (C=O) groups is 2. The van der Waals surface area contributed by atoms with Gasteiger partial charge in [0.05, 0.1) is 0 Å². The van der Waals surface area contributed by atoms with Gasteiger partial charge in [-0.15, -0.1) is 0 Å². The van der Waals surface area contributed by atoms with Gasteiger partial charge in [0.15, 0.2) is 0 Å². The Labute approximate surface area is 112 Å². The molecule has 1 aliphatic heterocycles. The van der Waals surface area contributed by atoms with Crippen LogP contribution >= 0.6 is 11.8 Å². The van der Waals surface area contributed by atoms with Crippen LogP contribution in [0.5, 0.6) is 0 Å². The molecule has 2 atom stereocenters. The van der Waals surface area contributed by atoms with E-state index in [4.69, 9.17) is 5.11 Å². The van der Waals surface area contributed by atoms with Crippen LogP contribution in [-0.4, -0.2) is 52.1 Å². The van der Waals surface area contributed by atoms with Crippen LogP contribution in [0.2, 0.25) is 0 Å². The molecule has 0 aromatic rings. The smallest absolute Gasteiger partial charge is 0.326 e. The number of carboxylic acid groups (broad SMARTS) is 1. The van der Waals surface area contributed by atoms with Gasteiger partial charge in [-0.05, 0) is 12.3 Å². The Morgan fingerprint density at radius 1 is 1.50 bits per heavy atom. The summed E-state index contributed by atoms with van der Waals surface area (Å²) in [5, 5.41) is 12.1. The summed E-state index contributed by atoms with van der Waals surface area (Å²) in [5.41, 5.74) is 0. The first-order chi connectivity index (χ1) is 8.45. The van der Waals surface area contributed by atoms with E-state index >= 15 is 0 Å². The molecular weight excluding hydrogens is 252 g/mol. The number of nitrogens with zero attached hydrogens (tertiary/aromatic N) is 1. The van der Waals surface area contributed by atoms with Gasteiger partial charge in [-0.1, -0.05) is 20.8 Å². The number of carboxylic acids is 1. The summed E-state index contributed by atoms with van der Waals surface area (Å²) < 4.78 is 0. The normalized spacial score (nSPS) is 21.8. The zero-order valence-electron chi connectivity index (χ0n) is 11.2. The second kappa shape index (κ2) is 6.87. The van der Waals surface area contributed by atoms with Crippen LogP contribution in [-0.2, 0) is 4.79 Å². The Hall–Kier alpha value is -0.910. The second-order valence-electron chi connectivity index (χ2n) is 4.86. The zero-order chi connectivity index (χ0) is 13.7. The number of urea groups is 1. The number of hydrogen-bond acceptors (Lipinski definition) is 3. The minimum absolute atomic E-state index is 0.118. The van der Waals surface area contributed by atoms with E-state index in [0.29, 0.717) is 18.3 Å². The van der Waals surface area contributed by atoms with Crippen LogP contribution in [0.25, 0.3) is 0 Å². The lowest BCUT2D eigenvalue weighted by molar-refractivity contribution is -0.140. The Balaban J connectivity index is 2.55. The van der Waals surface area contributed by atoms with Gasteiger partial charge in [-0.25, -0.2) is 9.59 Å². The van der Waals surface area contributed by atoms with E-state index in [1.807, 2.05) is 11.8 Å². The standard InChI is InChI=1S/C12H22N2O3S/c1-4-9-7-14(5-6-18-9)12(17)13-10(8(2)3)11(15)16/h8-10H,4-7H2,1-3H3,(H,13,17)(H,15,16)/t9?,10-/m1/s1. The summed E-state index contributed by atoms with van der Waals surface area (Å²) in [6.45, 7) is 7.09. The van der Waals surface area contributed by atoms with E-state index in [1.165, 1.54) is 0 Å². The lowest BCUT2D eigenvalue weighted by Gasteiger charge is -2.33. The van der Waals surface area contributed by atoms with E-state index in [0.717, 1.165) is 12.2 Å². The van der Waals surface area contributed by atoms with Crippen LogP contribution in [0.3, 0.4) is 0 Å². The number of rotatable bonds is 4. The maximum Gasteiger partial charge on any atom is 0.326 e. The highest BCUT2D eigenvalue weighted by atomic mass is 32.2. The summed E-state index contributed by atoms with van der Waals surface area (Å²) in [7, 11) is 0. The molecule has 0 aliphatic carbocycles. The fourth-order valence-electron chi connectivity index (χ4n) is 1.89. The maximum absolute atomic E-state index is 12.0. The van der Waals surface area contributed by atoms with Gasteiger partial charge >= 0.3 is 12.0 Å². The van der Waals surface area contributed by atoms with Gasteiger partial charge in [0.25, 0.3) is 0 Å². The maximum atomic E-state index is 12.0. The van der Waals surface area contributed by atoms with Gasteiger partial charge in [0.2, 0.25) is 0 Å². The van der Waals surface area contributed by atoms with Crippen LogP contribution < -0.4 is 5.32 Å². The number of carbonyl (C=O) groups excluding carboxylic acids is 1. The van der Waals surface area contributed by atoms with E-state index in [1.54, 1.807) is 18.7 Å². The summed E-state index contributed by atoms with van der Waals surface area (Å²) in [6.07, 6.45) is 1.03. The SMILES string of the molecule is CCC1CN(C(=O)N[C@@H](C(=O)O)C(C)C)CCS1. The van der Waals surface area contributed by atoms with E-state index < -0.39 is 12.0 Å². The molecular formula is C12H22N2O3S. The minimum Gasteiger partial charge on any atom is -0.480 e. The molecule has 1 heterocycles. The molecule has 104 valence electrons. The number of nitrogens with one attached hydrogen (secondary N) is 1. The molecule has 0 aromatic carbocycles.